The van der Waals surface area contributed by atoms with Crippen molar-refractivity contribution in [1.82, 2.24) is 16.0 Å². The molecule has 1 saturated carbocycles. The Labute approximate surface area is 149 Å². The average Bonchev–Trinajstić information content (AvgIpc) is 2.91. The van der Waals surface area contributed by atoms with Crippen molar-refractivity contribution in [2.75, 3.05) is 26.2 Å². The summed E-state index contributed by atoms with van der Waals surface area (Å²) in [4.78, 5) is 23.4. The summed E-state index contributed by atoms with van der Waals surface area (Å²) in [6, 6.07) is 9.69. The number of carbonyl (C=O) groups is 2. The highest BCUT2D eigenvalue weighted by Crippen LogP contribution is 2.16. The molecule has 1 fully saturated rings. The number of ether oxygens (including phenoxy) is 1. The third-order valence-corrected chi connectivity index (χ3v) is 4.29. The lowest BCUT2D eigenvalue weighted by atomic mass is 10.1. The Hall–Kier alpha value is -2.08. The predicted octanol–water partition coefficient (Wildman–Crippen LogP) is 1.61. The second-order valence-corrected chi connectivity index (χ2v) is 6.37. The normalized spacial score (nSPS) is 15.2. The Morgan fingerprint density at radius 1 is 0.920 bits per heavy atom. The van der Waals surface area contributed by atoms with E-state index < -0.39 is 0 Å². The van der Waals surface area contributed by atoms with Crippen LogP contribution in [0, 0.1) is 0 Å². The number of para-hydroxylation sites is 1. The molecule has 0 heterocycles. The molecule has 0 bridgehead atoms. The number of amides is 2. The highest BCUT2D eigenvalue weighted by atomic mass is 16.5. The molecule has 0 aromatic heterocycles. The van der Waals surface area contributed by atoms with Crippen molar-refractivity contribution in [3.63, 3.8) is 0 Å². The molecule has 0 radical (unpaired) electrons. The zero-order valence-electron chi connectivity index (χ0n) is 14.8. The zero-order valence-corrected chi connectivity index (χ0v) is 14.8. The number of rotatable bonds is 9. The fourth-order valence-electron chi connectivity index (χ4n) is 2.92. The van der Waals surface area contributed by atoms with Crippen molar-refractivity contribution in [3.05, 3.63) is 30.3 Å². The fraction of sp³-hybridized carbons (Fsp3) is 0.579. The van der Waals surface area contributed by atoms with Gasteiger partial charge < -0.3 is 20.7 Å². The second-order valence-electron chi connectivity index (χ2n) is 6.37. The fourth-order valence-corrected chi connectivity index (χ4v) is 2.92. The Balaban J connectivity index is 1.49. The molecule has 6 nitrogen and oxygen atoms in total. The first-order valence-corrected chi connectivity index (χ1v) is 9.18. The maximum absolute atomic E-state index is 11.7. The number of nitrogens with one attached hydrogen (secondary N) is 3. The minimum absolute atomic E-state index is 0.0274. The van der Waals surface area contributed by atoms with Gasteiger partial charge in [-0.2, -0.15) is 0 Å². The minimum Gasteiger partial charge on any atom is -0.484 e. The zero-order chi connectivity index (χ0) is 17.7. The maximum atomic E-state index is 11.7. The lowest BCUT2D eigenvalue weighted by Gasteiger charge is -2.16. The molecule has 0 saturated heterocycles. The average molecular weight is 347 g/mol. The summed E-state index contributed by atoms with van der Waals surface area (Å²) in [7, 11) is 0. The van der Waals surface area contributed by atoms with E-state index in [2.05, 4.69) is 16.0 Å². The molecule has 6 heteroatoms. The molecule has 1 aliphatic rings. The van der Waals surface area contributed by atoms with E-state index in [9.17, 15) is 9.59 Å². The lowest BCUT2D eigenvalue weighted by Crippen LogP contribution is -2.42. The summed E-state index contributed by atoms with van der Waals surface area (Å²) >= 11 is 0. The third kappa shape index (κ3) is 8.54. The van der Waals surface area contributed by atoms with Gasteiger partial charge in [-0.3, -0.25) is 9.59 Å². The molecule has 1 aliphatic carbocycles. The van der Waals surface area contributed by atoms with Gasteiger partial charge in [0.25, 0.3) is 5.91 Å². The number of hydrogen-bond donors (Lipinski definition) is 3. The largest absolute Gasteiger partial charge is 0.484 e. The molecule has 2 amide bonds. The van der Waals surface area contributed by atoms with Crippen molar-refractivity contribution in [3.8, 4) is 5.75 Å². The van der Waals surface area contributed by atoms with Crippen LogP contribution in [-0.4, -0.2) is 44.1 Å². The summed E-state index contributed by atoms with van der Waals surface area (Å²) in [5.74, 6) is 0.137. The number of hydrogen-bond acceptors (Lipinski definition) is 4. The highest BCUT2D eigenvalue weighted by molar-refractivity contribution is 5.85. The van der Waals surface area contributed by atoms with E-state index >= 15 is 0 Å². The SMILES string of the molecule is O=C(CNC(=O)COc1ccccc1)NCCNC1CCCCCC1. The summed E-state index contributed by atoms with van der Waals surface area (Å²) in [5, 5.41) is 8.86. The number of carbonyl (C=O) groups excluding carboxylic acids is 2. The molecule has 0 spiro atoms. The Bertz CT molecular complexity index is 514. The molecular formula is C19H29N3O3. The lowest BCUT2D eigenvalue weighted by molar-refractivity contribution is -0.127. The van der Waals surface area contributed by atoms with E-state index in [-0.39, 0.29) is 25.0 Å². The van der Waals surface area contributed by atoms with Crippen LogP contribution >= 0.6 is 0 Å². The van der Waals surface area contributed by atoms with Gasteiger partial charge in [0.15, 0.2) is 6.61 Å². The van der Waals surface area contributed by atoms with Gasteiger partial charge in [0.05, 0.1) is 6.54 Å². The van der Waals surface area contributed by atoms with Gasteiger partial charge in [-0.05, 0) is 25.0 Å². The van der Waals surface area contributed by atoms with Crippen LogP contribution < -0.4 is 20.7 Å². The number of benzene rings is 1. The van der Waals surface area contributed by atoms with Crippen molar-refractivity contribution in [2.45, 2.75) is 44.6 Å². The van der Waals surface area contributed by atoms with Gasteiger partial charge >= 0.3 is 0 Å². The van der Waals surface area contributed by atoms with E-state index in [0.29, 0.717) is 18.3 Å². The summed E-state index contributed by atoms with van der Waals surface area (Å²) < 4.78 is 5.32. The molecule has 1 aromatic rings. The molecular weight excluding hydrogens is 318 g/mol. The first-order valence-electron chi connectivity index (χ1n) is 9.18. The summed E-state index contributed by atoms with van der Waals surface area (Å²) in [6.07, 6.45) is 7.71. The molecule has 3 N–H and O–H groups in total. The Kier molecular flexibility index (Phi) is 8.83. The third-order valence-electron chi connectivity index (χ3n) is 4.29. The van der Waals surface area contributed by atoms with Crippen LogP contribution in [0.4, 0.5) is 0 Å². The molecule has 0 aliphatic heterocycles. The van der Waals surface area contributed by atoms with Crippen LogP contribution in [0.1, 0.15) is 38.5 Å². The van der Waals surface area contributed by atoms with Gasteiger partial charge in [-0.15, -0.1) is 0 Å². The van der Waals surface area contributed by atoms with Crippen LogP contribution in [0.15, 0.2) is 30.3 Å². The van der Waals surface area contributed by atoms with Crippen LogP contribution in [0.3, 0.4) is 0 Å². The van der Waals surface area contributed by atoms with Crippen LogP contribution in [-0.2, 0) is 9.59 Å². The molecule has 25 heavy (non-hydrogen) atoms. The molecule has 138 valence electrons. The Morgan fingerprint density at radius 2 is 1.64 bits per heavy atom. The van der Waals surface area contributed by atoms with Crippen LogP contribution in [0.25, 0.3) is 0 Å². The highest BCUT2D eigenvalue weighted by Gasteiger charge is 2.11. The second kappa shape index (κ2) is 11.5. The molecule has 1 aromatic carbocycles. The van der Waals surface area contributed by atoms with E-state index in [0.717, 1.165) is 6.54 Å². The first kappa shape index (κ1) is 19.2. The molecule has 0 atom stereocenters. The van der Waals surface area contributed by atoms with Gasteiger partial charge in [-0.1, -0.05) is 43.9 Å². The van der Waals surface area contributed by atoms with Crippen molar-refractivity contribution in [1.29, 1.82) is 0 Å². The van der Waals surface area contributed by atoms with Gasteiger partial charge in [0, 0.05) is 19.1 Å². The van der Waals surface area contributed by atoms with Gasteiger partial charge in [0.2, 0.25) is 5.91 Å². The van der Waals surface area contributed by atoms with E-state index in [1.165, 1.54) is 38.5 Å². The van der Waals surface area contributed by atoms with Crippen LogP contribution in [0.2, 0.25) is 0 Å². The van der Waals surface area contributed by atoms with E-state index in [1.54, 1.807) is 12.1 Å². The van der Waals surface area contributed by atoms with E-state index in [1.807, 2.05) is 18.2 Å². The van der Waals surface area contributed by atoms with Gasteiger partial charge in [0.1, 0.15) is 5.75 Å². The van der Waals surface area contributed by atoms with Crippen LogP contribution in [0.5, 0.6) is 5.75 Å². The predicted molar refractivity (Wildman–Crippen MR) is 97.4 cm³/mol. The summed E-state index contributed by atoms with van der Waals surface area (Å²) in [5.41, 5.74) is 0. The maximum Gasteiger partial charge on any atom is 0.258 e. The Morgan fingerprint density at radius 3 is 2.36 bits per heavy atom. The quantitative estimate of drug-likeness (QED) is 0.468. The monoisotopic (exact) mass is 347 g/mol. The van der Waals surface area contributed by atoms with E-state index in [4.69, 9.17) is 4.74 Å². The summed E-state index contributed by atoms with van der Waals surface area (Å²) in [6.45, 7) is 1.22. The minimum atomic E-state index is -0.310. The topological polar surface area (TPSA) is 79.5 Å². The van der Waals surface area contributed by atoms with Crippen molar-refractivity contribution >= 4 is 11.8 Å². The van der Waals surface area contributed by atoms with Gasteiger partial charge in [-0.25, -0.2) is 0 Å². The molecule has 0 unspecified atom stereocenters. The smallest absolute Gasteiger partial charge is 0.258 e. The van der Waals surface area contributed by atoms with Crippen molar-refractivity contribution in [2.24, 2.45) is 0 Å². The standard InChI is InChI=1S/C19H29N3O3/c23-18(21-13-12-20-16-8-4-1-2-5-9-16)14-22-19(24)15-25-17-10-6-3-7-11-17/h3,6-7,10-11,16,20H,1-2,4-5,8-9,12-15H2,(H,21,23)(H,22,24). The van der Waals surface area contributed by atoms with Crippen molar-refractivity contribution < 1.29 is 14.3 Å². The first-order chi connectivity index (χ1) is 12.2. The molecule has 2 rings (SSSR count).